The maximum absolute atomic E-state index is 9.72. The van der Waals surface area contributed by atoms with Gasteiger partial charge >= 0.3 is 0 Å². The van der Waals surface area contributed by atoms with Gasteiger partial charge in [-0.3, -0.25) is 4.90 Å². The van der Waals surface area contributed by atoms with Crippen molar-refractivity contribution in [3.63, 3.8) is 0 Å². The molecule has 0 bridgehead atoms. The van der Waals surface area contributed by atoms with E-state index in [1.807, 2.05) is 0 Å². The smallest absolute Gasteiger partial charge is 0.0599 e. The number of hydrogen-bond acceptors (Lipinski definition) is 3. The van der Waals surface area contributed by atoms with Crippen LogP contribution in [-0.2, 0) is 0 Å². The molecule has 3 nitrogen and oxygen atoms in total. The molecular formula is C18H36N2O. The third-order valence-electron chi connectivity index (χ3n) is 5.90. The van der Waals surface area contributed by atoms with Crippen molar-refractivity contribution in [2.45, 2.75) is 78.4 Å². The monoisotopic (exact) mass is 296 g/mol. The van der Waals surface area contributed by atoms with Crippen LogP contribution in [0.5, 0.6) is 0 Å². The summed E-state index contributed by atoms with van der Waals surface area (Å²) < 4.78 is 0. The molecule has 0 radical (unpaired) electrons. The summed E-state index contributed by atoms with van der Waals surface area (Å²) in [6.07, 6.45) is 5.32. The number of hydrogen-bond donors (Lipinski definition) is 2. The zero-order valence-corrected chi connectivity index (χ0v) is 14.7. The average molecular weight is 296 g/mol. The van der Waals surface area contributed by atoms with Gasteiger partial charge in [0, 0.05) is 31.2 Å². The zero-order chi connectivity index (χ0) is 15.6. The van der Waals surface area contributed by atoms with Crippen LogP contribution in [0.4, 0.5) is 0 Å². The SMILES string of the molecule is CC(C)C1CN(C2CCC(C(C)(C)C)CC2)C(CO)CN1. The molecule has 1 aliphatic carbocycles. The van der Waals surface area contributed by atoms with E-state index in [1.54, 1.807) is 0 Å². The highest BCUT2D eigenvalue weighted by Crippen LogP contribution is 2.39. The Labute approximate surface area is 131 Å². The minimum atomic E-state index is 0.289. The van der Waals surface area contributed by atoms with E-state index in [4.69, 9.17) is 0 Å². The number of aliphatic hydroxyl groups excluding tert-OH is 1. The Kier molecular flexibility index (Phi) is 5.72. The number of piperazine rings is 1. The van der Waals surface area contributed by atoms with Gasteiger partial charge in [0.1, 0.15) is 0 Å². The van der Waals surface area contributed by atoms with E-state index in [0.717, 1.165) is 19.0 Å². The third kappa shape index (κ3) is 4.20. The lowest BCUT2D eigenvalue weighted by molar-refractivity contribution is 0.00891. The van der Waals surface area contributed by atoms with Gasteiger partial charge in [-0.1, -0.05) is 34.6 Å². The van der Waals surface area contributed by atoms with E-state index in [1.165, 1.54) is 25.7 Å². The zero-order valence-electron chi connectivity index (χ0n) is 14.7. The summed E-state index contributed by atoms with van der Waals surface area (Å²) in [6.45, 7) is 14.1. The van der Waals surface area contributed by atoms with Crippen LogP contribution in [0.25, 0.3) is 0 Å². The van der Waals surface area contributed by atoms with Crippen molar-refractivity contribution in [1.82, 2.24) is 10.2 Å². The molecule has 0 amide bonds. The predicted molar refractivity (Wildman–Crippen MR) is 89.4 cm³/mol. The van der Waals surface area contributed by atoms with Crippen molar-refractivity contribution in [2.75, 3.05) is 19.7 Å². The van der Waals surface area contributed by atoms with E-state index in [-0.39, 0.29) is 6.61 Å². The van der Waals surface area contributed by atoms with Crippen molar-refractivity contribution in [2.24, 2.45) is 17.3 Å². The Morgan fingerprint density at radius 3 is 2.24 bits per heavy atom. The second-order valence-corrected chi connectivity index (χ2v) is 8.66. The first-order chi connectivity index (χ1) is 9.82. The lowest BCUT2D eigenvalue weighted by atomic mass is 9.71. The summed E-state index contributed by atoms with van der Waals surface area (Å²) in [5, 5.41) is 13.3. The highest BCUT2D eigenvalue weighted by molar-refractivity contribution is 4.93. The molecule has 1 aliphatic heterocycles. The van der Waals surface area contributed by atoms with Crippen LogP contribution in [0, 0.1) is 17.3 Å². The Hall–Kier alpha value is -0.120. The van der Waals surface area contributed by atoms with Gasteiger partial charge < -0.3 is 10.4 Å². The fraction of sp³-hybridized carbons (Fsp3) is 1.00. The van der Waals surface area contributed by atoms with Crippen LogP contribution < -0.4 is 5.32 Å². The molecule has 2 fully saturated rings. The molecule has 21 heavy (non-hydrogen) atoms. The van der Waals surface area contributed by atoms with Gasteiger partial charge in [-0.05, 0) is 42.9 Å². The van der Waals surface area contributed by atoms with Crippen LogP contribution in [0.2, 0.25) is 0 Å². The maximum atomic E-state index is 9.72. The van der Waals surface area contributed by atoms with Gasteiger partial charge in [-0.15, -0.1) is 0 Å². The number of rotatable bonds is 3. The third-order valence-corrected chi connectivity index (χ3v) is 5.90. The molecule has 2 N–H and O–H groups in total. The lowest BCUT2D eigenvalue weighted by Crippen LogP contribution is -2.62. The number of aliphatic hydroxyl groups is 1. The quantitative estimate of drug-likeness (QED) is 0.840. The molecule has 124 valence electrons. The Bertz CT molecular complexity index is 316. The average Bonchev–Trinajstić information content (AvgIpc) is 2.45. The molecule has 2 unspecified atom stereocenters. The first kappa shape index (κ1) is 17.2. The Morgan fingerprint density at radius 1 is 1.14 bits per heavy atom. The highest BCUT2D eigenvalue weighted by Gasteiger charge is 2.37. The summed E-state index contributed by atoms with van der Waals surface area (Å²) in [7, 11) is 0. The van der Waals surface area contributed by atoms with Crippen molar-refractivity contribution >= 4 is 0 Å². The lowest BCUT2D eigenvalue weighted by Gasteiger charge is -2.48. The standard InChI is InChI=1S/C18H36N2O/c1-13(2)17-11-20(16(12-21)10-19-17)15-8-6-14(7-9-15)18(3,4)5/h13-17,19,21H,6-12H2,1-5H3. The minimum Gasteiger partial charge on any atom is -0.395 e. The molecule has 2 aliphatic rings. The first-order valence-corrected chi connectivity index (χ1v) is 8.93. The molecular weight excluding hydrogens is 260 g/mol. The van der Waals surface area contributed by atoms with Gasteiger partial charge in [-0.2, -0.15) is 0 Å². The van der Waals surface area contributed by atoms with Gasteiger partial charge in [0.2, 0.25) is 0 Å². The summed E-state index contributed by atoms with van der Waals surface area (Å²) in [5.41, 5.74) is 0.450. The van der Waals surface area contributed by atoms with Crippen LogP contribution in [0.1, 0.15) is 60.3 Å². The number of nitrogens with zero attached hydrogens (tertiary/aromatic N) is 1. The van der Waals surface area contributed by atoms with Crippen LogP contribution in [0.15, 0.2) is 0 Å². The van der Waals surface area contributed by atoms with Crippen LogP contribution in [0.3, 0.4) is 0 Å². The van der Waals surface area contributed by atoms with Crippen molar-refractivity contribution < 1.29 is 5.11 Å². The van der Waals surface area contributed by atoms with E-state index in [0.29, 0.717) is 29.5 Å². The maximum Gasteiger partial charge on any atom is 0.0599 e. The molecule has 0 aromatic carbocycles. The molecule has 0 aromatic heterocycles. The van der Waals surface area contributed by atoms with Crippen molar-refractivity contribution in [3.05, 3.63) is 0 Å². The normalized spacial score (nSPS) is 36.1. The van der Waals surface area contributed by atoms with Crippen molar-refractivity contribution in [3.8, 4) is 0 Å². The topological polar surface area (TPSA) is 35.5 Å². The molecule has 1 saturated heterocycles. The molecule has 0 aromatic rings. The fourth-order valence-corrected chi connectivity index (χ4v) is 4.18. The van der Waals surface area contributed by atoms with Crippen LogP contribution >= 0.6 is 0 Å². The molecule has 2 rings (SSSR count). The van der Waals surface area contributed by atoms with E-state index >= 15 is 0 Å². The Morgan fingerprint density at radius 2 is 1.76 bits per heavy atom. The first-order valence-electron chi connectivity index (χ1n) is 8.93. The highest BCUT2D eigenvalue weighted by atomic mass is 16.3. The molecule has 1 saturated carbocycles. The van der Waals surface area contributed by atoms with Gasteiger partial charge in [0.05, 0.1) is 6.61 Å². The largest absolute Gasteiger partial charge is 0.395 e. The van der Waals surface area contributed by atoms with E-state index in [9.17, 15) is 5.11 Å². The van der Waals surface area contributed by atoms with E-state index in [2.05, 4.69) is 44.8 Å². The number of nitrogens with one attached hydrogen (secondary N) is 1. The Balaban J connectivity index is 1.96. The van der Waals surface area contributed by atoms with Crippen LogP contribution in [-0.4, -0.2) is 47.8 Å². The summed E-state index contributed by atoms with van der Waals surface area (Å²) >= 11 is 0. The second-order valence-electron chi connectivity index (χ2n) is 8.66. The predicted octanol–water partition coefficient (Wildman–Crippen LogP) is 2.88. The van der Waals surface area contributed by atoms with Gasteiger partial charge in [-0.25, -0.2) is 0 Å². The molecule has 0 spiro atoms. The second kappa shape index (κ2) is 6.97. The summed E-state index contributed by atoms with van der Waals surface area (Å²) in [4.78, 5) is 2.63. The molecule has 3 heteroatoms. The summed E-state index contributed by atoms with van der Waals surface area (Å²) in [6, 6.07) is 1.58. The molecule has 2 atom stereocenters. The van der Waals surface area contributed by atoms with Gasteiger partial charge in [0.15, 0.2) is 0 Å². The van der Waals surface area contributed by atoms with Gasteiger partial charge in [0.25, 0.3) is 0 Å². The fourth-order valence-electron chi connectivity index (χ4n) is 4.18. The minimum absolute atomic E-state index is 0.289. The molecule has 1 heterocycles. The summed E-state index contributed by atoms with van der Waals surface area (Å²) in [5.74, 6) is 1.53. The van der Waals surface area contributed by atoms with E-state index < -0.39 is 0 Å². The van der Waals surface area contributed by atoms with Crippen molar-refractivity contribution in [1.29, 1.82) is 0 Å².